The molecule has 0 aliphatic rings. The molecule has 2 N–H and O–H groups in total. The number of rotatable bonds is 6. The van der Waals surface area contributed by atoms with E-state index in [1.807, 2.05) is 12.1 Å². The van der Waals surface area contributed by atoms with E-state index >= 15 is 0 Å². The first-order chi connectivity index (χ1) is 12.6. The van der Waals surface area contributed by atoms with Crippen molar-refractivity contribution in [2.24, 2.45) is 0 Å². The Kier molecular flexibility index (Phi) is 5.60. The van der Waals surface area contributed by atoms with Crippen LogP contribution in [0.25, 0.3) is 0 Å². The van der Waals surface area contributed by atoms with E-state index in [9.17, 15) is 0 Å². The Balaban J connectivity index is 1.76. The number of ether oxygens (including phenoxy) is 2. The Bertz CT molecular complexity index is 853. The smallest absolute Gasteiger partial charge is 0.232 e. The van der Waals surface area contributed by atoms with Gasteiger partial charge in [-0.15, -0.1) is 0 Å². The number of hydrogen-bond donors (Lipinski definition) is 2. The molecule has 3 rings (SSSR count). The Morgan fingerprint density at radius 2 is 1.23 bits per heavy atom. The Morgan fingerprint density at radius 3 is 1.62 bits per heavy atom. The monoisotopic (exact) mass is 391 g/mol. The molecule has 7 nitrogen and oxygen atoms in total. The van der Waals surface area contributed by atoms with E-state index in [0.29, 0.717) is 33.4 Å². The lowest BCUT2D eigenvalue weighted by molar-refractivity contribution is 0.415. The highest BCUT2D eigenvalue weighted by Crippen LogP contribution is 2.29. The standard InChI is InChI=1S/C17H15Cl2N5O2/c1-25-14-5-3-10(7-12(14)18)22-16-20-9-21-17(24-16)23-11-4-6-15(26-2)13(19)8-11/h3-9H,1-2H3,(H2,20,21,22,23,24). The second-order valence-corrected chi connectivity index (χ2v) is 5.90. The quantitative estimate of drug-likeness (QED) is 0.630. The molecule has 0 unspecified atom stereocenters. The first-order valence-corrected chi connectivity index (χ1v) is 8.25. The maximum Gasteiger partial charge on any atom is 0.232 e. The van der Waals surface area contributed by atoms with Crippen molar-refractivity contribution < 1.29 is 9.47 Å². The van der Waals surface area contributed by atoms with Gasteiger partial charge in [0.1, 0.15) is 17.8 Å². The van der Waals surface area contributed by atoms with Gasteiger partial charge in [-0.3, -0.25) is 0 Å². The van der Waals surface area contributed by atoms with Gasteiger partial charge in [0.05, 0.1) is 24.3 Å². The molecule has 0 aliphatic carbocycles. The number of nitrogens with one attached hydrogen (secondary N) is 2. The first-order valence-electron chi connectivity index (χ1n) is 7.49. The van der Waals surface area contributed by atoms with E-state index in [0.717, 1.165) is 11.4 Å². The predicted octanol–water partition coefficient (Wildman–Crippen LogP) is 4.68. The number of benzene rings is 2. The molecule has 0 amide bonds. The summed E-state index contributed by atoms with van der Waals surface area (Å²) in [6.07, 6.45) is 1.40. The van der Waals surface area contributed by atoms with E-state index in [1.54, 1.807) is 38.5 Å². The largest absolute Gasteiger partial charge is 0.495 e. The number of aromatic nitrogens is 3. The molecule has 0 spiro atoms. The maximum absolute atomic E-state index is 6.12. The third-order valence-corrected chi connectivity index (χ3v) is 3.98. The van der Waals surface area contributed by atoms with Crippen LogP contribution in [-0.4, -0.2) is 29.2 Å². The summed E-state index contributed by atoms with van der Waals surface area (Å²) in [5.74, 6) is 1.91. The van der Waals surface area contributed by atoms with Gasteiger partial charge >= 0.3 is 0 Å². The number of anilines is 4. The van der Waals surface area contributed by atoms with Crippen LogP contribution in [0, 0.1) is 0 Å². The SMILES string of the molecule is COc1ccc(Nc2ncnc(Nc3ccc(OC)c(Cl)c3)n2)cc1Cl. The molecule has 0 saturated heterocycles. The predicted molar refractivity (Wildman–Crippen MR) is 102 cm³/mol. The molecule has 1 aromatic heterocycles. The fraction of sp³-hybridized carbons (Fsp3) is 0.118. The van der Waals surface area contributed by atoms with Crippen LogP contribution in [-0.2, 0) is 0 Å². The zero-order valence-corrected chi connectivity index (χ0v) is 15.5. The molecule has 134 valence electrons. The van der Waals surface area contributed by atoms with Crippen molar-refractivity contribution in [3.05, 3.63) is 52.8 Å². The molecule has 26 heavy (non-hydrogen) atoms. The van der Waals surface area contributed by atoms with Crippen LogP contribution in [0.5, 0.6) is 11.5 Å². The van der Waals surface area contributed by atoms with Gasteiger partial charge in [-0.05, 0) is 36.4 Å². The van der Waals surface area contributed by atoms with Crippen LogP contribution in [0.4, 0.5) is 23.3 Å². The van der Waals surface area contributed by atoms with Crippen molar-refractivity contribution in [3.8, 4) is 11.5 Å². The molecule has 0 aliphatic heterocycles. The zero-order valence-electron chi connectivity index (χ0n) is 14.0. The van der Waals surface area contributed by atoms with Crippen molar-refractivity contribution >= 4 is 46.5 Å². The molecule has 3 aromatic rings. The minimum absolute atomic E-state index is 0.364. The summed E-state index contributed by atoms with van der Waals surface area (Å²) in [7, 11) is 3.12. The van der Waals surface area contributed by atoms with Gasteiger partial charge in [0.25, 0.3) is 0 Å². The van der Waals surface area contributed by atoms with Gasteiger partial charge < -0.3 is 20.1 Å². The third-order valence-electron chi connectivity index (χ3n) is 3.39. The fourth-order valence-corrected chi connectivity index (χ4v) is 2.68. The molecule has 0 fully saturated rings. The number of hydrogen-bond acceptors (Lipinski definition) is 7. The van der Waals surface area contributed by atoms with Crippen LogP contribution >= 0.6 is 23.2 Å². The van der Waals surface area contributed by atoms with Gasteiger partial charge in [-0.25, -0.2) is 9.97 Å². The number of nitrogens with zero attached hydrogens (tertiary/aromatic N) is 3. The first kappa shape index (κ1) is 18.0. The van der Waals surface area contributed by atoms with Crippen molar-refractivity contribution in [1.29, 1.82) is 0 Å². The number of halogens is 2. The van der Waals surface area contributed by atoms with Gasteiger partial charge in [-0.1, -0.05) is 23.2 Å². The Labute approximate surface area is 160 Å². The van der Waals surface area contributed by atoms with Crippen LogP contribution in [0.2, 0.25) is 10.0 Å². The van der Waals surface area contributed by atoms with E-state index < -0.39 is 0 Å². The van der Waals surface area contributed by atoms with Gasteiger partial charge in [0, 0.05) is 11.4 Å². The summed E-state index contributed by atoms with van der Waals surface area (Å²) >= 11 is 12.2. The molecular formula is C17H15Cl2N5O2. The van der Waals surface area contributed by atoms with Crippen LogP contribution in [0.1, 0.15) is 0 Å². The summed E-state index contributed by atoms with van der Waals surface area (Å²) in [6.45, 7) is 0. The van der Waals surface area contributed by atoms with Crippen molar-refractivity contribution in [2.75, 3.05) is 24.9 Å². The highest BCUT2D eigenvalue weighted by molar-refractivity contribution is 6.32. The van der Waals surface area contributed by atoms with Gasteiger partial charge in [0.2, 0.25) is 11.9 Å². The summed E-state index contributed by atoms with van der Waals surface area (Å²) in [6, 6.07) is 10.6. The minimum Gasteiger partial charge on any atom is -0.495 e. The second-order valence-electron chi connectivity index (χ2n) is 5.08. The van der Waals surface area contributed by atoms with E-state index in [2.05, 4.69) is 25.6 Å². The van der Waals surface area contributed by atoms with Crippen molar-refractivity contribution in [3.63, 3.8) is 0 Å². The highest BCUT2D eigenvalue weighted by atomic mass is 35.5. The maximum atomic E-state index is 6.12. The van der Waals surface area contributed by atoms with E-state index in [4.69, 9.17) is 32.7 Å². The Morgan fingerprint density at radius 1 is 0.769 bits per heavy atom. The van der Waals surface area contributed by atoms with Crippen molar-refractivity contribution in [1.82, 2.24) is 15.0 Å². The molecule has 0 atom stereocenters. The molecule has 0 radical (unpaired) electrons. The minimum atomic E-state index is 0.364. The van der Waals surface area contributed by atoms with E-state index in [1.165, 1.54) is 6.33 Å². The topological polar surface area (TPSA) is 81.2 Å². The molecular weight excluding hydrogens is 377 g/mol. The summed E-state index contributed by atoms with van der Waals surface area (Å²) in [5, 5.41) is 7.10. The molecule has 9 heteroatoms. The average Bonchev–Trinajstić information content (AvgIpc) is 2.62. The zero-order chi connectivity index (χ0) is 18.5. The number of methoxy groups -OCH3 is 2. The van der Waals surface area contributed by atoms with Gasteiger partial charge in [-0.2, -0.15) is 4.98 Å². The summed E-state index contributed by atoms with van der Waals surface area (Å²) < 4.78 is 10.3. The van der Waals surface area contributed by atoms with Crippen LogP contribution in [0.3, 0.4) is 0 Å². The fourth-order valence-electron chi connectivity index (χ4n) is 2.16. The third kappa shape index (κ3) is 4.25. The second kappa shape index (κ2) is 8.07. The lowest BCUT2D eigenvalue weighted by Gasteiger charge is -2.10. The lowest BCUT2D eigenvalue weighted by atomic mass is 10.3. The summed E-state index contributed by atoms with van der Waals surface area (Å²) in [4.78, 5) is 12.5. The molecule has 0 bridgehead atoms. The van der Waals surface area contributed by atoms with Crippen LogP contribution in [0.15, 0.2) is 42.7 Å². The van der Waals surface area contributed by atoms with Crippen molar-refractivity contribution in [2.45, 2.75) is 0 Å². The van der Waals surface area contributed by atoms with Gasteiger partial charge in [0.15, 0.2) is 0 Å². The highest BCUT2D eigenvalue weighted by Gasteiger charge is 2.07. The normalized spacial score (nSPS) is 10.3. The molecule has 1 heterocycles. The van der Waals surface area contributed by atoms with E-state index in [-0.39, 0.29) is 0 Å². The Hall–Kier alpha value is -2.77. The average molecular weight is 392 g/mol. The molecule has 0 saturated carbocycles. The summed E-state index contributed by atoms with van der Waals surface area (Å²) in [5.41, 5.74) is 1.45. The van der Waals surface area contributed by atoms with Crippen LogP contribution < -0.4 is 20.1 Å². The lowest BCUT2D eigenvalue weighted by Crippen LogP contribution is -2.03. The molecule has 2 aromatic carbocycles.